The summed E-state index contributed by atoms with van der Waals surface area (Å²) < 4.78 is 5.11. The molecular weight excluding hydrogens is 264 g/mol. The van der Waals surface area contributed by atoms with E-state index in [9.17, 15) is 9.59 Å². The quantitative estimate of drug-likeness (QED) is 0.653. The molecule has 1 saturated heterocycles. The molecular formula is C13H12N2O3S. The summed E-state index contributed by atoms with van der Waals surface area (Å²) in [5, 5.41) is 2.55. The summed E-state index contributed by atoms with van der Waals surface area (Å²) in [6.45, 7) is 1.35. The van der Waals surface area contributed by atoms with Crippen LogP contribution in [0.1, 0.15) is 12.5 Å². The van der Waals surface area contributed by atoms with Crippen LogP contribution in [0.3, 0.4) is 0 Å². The van der Waals surface area contributed by atoms with Gasteiger partial charge in [0.25, 0.3) is 5.91 Å². The first-order chi connectivity index (χ1) is 9.02. The zero-order valence-corrected chi connectivity index (χ0v) is 11.3. The van der Waals surface area contributed by atoms with Crippen LogP contribution in [0.2, 0.25) is 0 Å². The van der Waals surface area contributed by atoms with Gasteiger partial charge in [0.15, 0.2) is 5.11 Å². The molecule has 98 valence electrons. The Balaban J connectivity index is 2.42. The van der Waals surface area contributed by atoms with Gasteiger partial charge in [-0.1, -0.05) is 12.1 Å². The molecule has 1 N–H and O–H groups in total. The molecule has 0 bridgehead atoms. The Kier molecular flexibility index (Phi) is 3.62. The fourth-order valence-electron chi connectivity index (χ4n) is 1.76. The van der Waals surface area contributed by atoms with E-state index < -0.39 is 0 Å². The van der Waals surface area contributed by atoms with Crippen LogP contribution in [0.25, 0.3) is 6.08 Å². The number of benzene rings is 1. The molecule has 6 heteroatoms. The Morgan fingerprint density at radius 2 is 2.21 bits per heavy atom. The molecule has 19 heavy (non-hydrogen) atoms. The van der Waals surface area contributed by atoms with Gasteiger partial charge in [0.05, 0.1) is 7.11 Å². The minimum Gasteiger partial charge on any atom is -0.497 e. The van der Waals surface area contributed by atoms with Gasteiger partial charge in [-0.15, -0.1) is 0 Å². The highest BCUT2D eigenvalue weighted by atomic mass is 32.1. The van der Waals surface area contributed by atoms with Gasteiger partial charge in [0.2, 0.25) is 5.91 Å². The van der Waals surface area contributed by atoms with Crippen molar-refractivity contribution in [1.29, 1.82) is 0 Å². The van der Waals surface area contributed by atoms with E-state index in [1.807, 2.05) is 6.07 Å². The van der Waals surface area contributed by atoms with E-state index in [0.29, 0.717) is 5.75 Å². The van der Waals surface area contributed by atoms with Crippen LogP contribution in [0.4, 0.5) is 0 Å². The lowest BCUT2D eigenvalue weighted by Crippen LogP contribution is -2.31. The number of methoxy groups -OCH3 is 1. The SMILES string of the molecule is COc1cccc(C=C2C(=O)NC(=S)N2C(C)=O)c1. The standard InChI is InChI=1S/C13H12N2O3S/c1-8(16)15-11(12(17)14-13(15)19)7-9-4-3-5-10(6-9)18-2/h3-7H,1-2H3,(H,14,17,19). The van der Waals surface area contributed by atoms with Crippen molar-refractivity contribution in [3.63, 3.8) is 0 Å². The van der Waals surface area contributed by atoms with Gasteiger partial charge in [-0.05, 0) is 36.0 Å². The molecule has 1 aliphatic rings. The third kappa shape index (κ3) is 2.63. The van der Waals surface area contributed by atoms with Crippen molar-refractivity contribution in [2.45, 2.75) is 6.92 Å². The van der Waals surface area contributed by atoms with E-state index in [1.54, 1.807) is 31.4 Å². The smallest absolute Gasteiger partial charge is 0.274 e. The van der Waals surface area contributed by atoms with Gasteiger partial charge in [-0.3, -0.25) is 19.8 Å². The highest BCUT2D eigenvalue weighted by Crippen LogP contribution is 2.20. The van der Waals surface area contributed by atoms with E-state index >= 15 is 0 Å². The molecule has 1 aromatic carbocycles. The van der Waals surface area contributed by atoms with Gasteiger partial charge in [0, 0.05) is 6.92 Å². The van der Waals surface area contributed by atoms with E-state index in [1.165, 1.54) is 11.8 Å². The second-order valence-corrected chi connectivity index (χ2v) is 4.31. The second kappa shape index (κ2) is 5.19. The Morgan fingerprint density at radius 3 is 2.84 bits per heavy atom. The summed E-state index contributed by atoms with van der Waals surface area (Å²) in [5.74, 6) is -0.0229. The Labute approximate surface area is 115 Å². The molecule has 1 aliphatic heterocycles. The molecule has 2 amide bonds. The molecule has 2 rings (SSSR count). The Hall–Kier alpha value is -2.21. The van der Waals surface area contributed by atoms with Crippen LogP contribution in [-0.4, -0.2) is 28.9 Å². The fraction of sp³-hybridized carbons (Fsp3) is 0.154. The summed E-state index contributed by atoms with van der Waals surface area (Å²) in [6, 6.07) is 7.17. The zero-order valence-electron chi connectivity index (χ0n) is 10.5. The van der Waals surface area contributed by atoms with Crippen molar-refractivity contribution in [2.75, 3.05) is 7.11 Å². The number of hydrogen-bond acceptors (Lipinski definition) is 4. The molecule has 1 fully saturated rings. The highest BCUT2D eigenvalue weighted by Gasteiger charge is 2.32. The van der Waals surface area contributed by atoms with Crippen LogP contribution >= 0.6 is 12.2 Å². The van der Waals surface area contributed by atoms with Crippen molar-refractivity contribution >= 4 is 35.2 Å². The van der Waals surface area contributed by atoms with Crippen molar-refractivity contribution in [3.05, 3.63) is 35.5 Å². The molecule has 0 radical (unpaired) electrons. The van der Waals surface area contributed by atoms with Gasteiger partial charge in [-0.2, -0.15) is 0 Å². The Morgan fingerprint density at radius 1 is 1.47 bits per heavy atom. The fourth-order valence-corrected chi connectivity index (χ4v) is 2.08. The number of nitrogens with zero attached hydrogens (tertiary/aromatic N) is 1. The molecule has 0 atom stereocenters. The molecule has 0 aromatic heterocycles. The second-order valence-electron chi connectivity index (χ2n) is 3.92. The molecule has 0 aliphatic carbocycles. The molecule has 5 nitrogen and oxygen atoms in total. The largest absolute Gasteiger partial charge is 0.497 e. The number of carbonyl (C=O) groups excluding carboxylic acids is 2. The average molecular weight is 276 g/mol. The third-order valence-electron chi connectivity index (χ3n) is 2.61. The maximum Gasteiger partial charge on any atom is 0.274 e. The number of ether oxygens (including phenoxy) is 1. The molecule has 0 unspecified atom stereocenters. The summed E-state index contributed by atoms with van der Waals surface area (Å²) in [4.78, 5) is 24.5. The number of carbonyl (C=O) groups is 2. The summed E-state index contributed by atoms with van der Waals surface area (Å²) in [6.07, 6.45) is 1.60. The maximum absolute atomic E-state index is 11.8. The normalized spacial score (nSPS) is 16.7. The van der Waals surface area contributed by atoms with Gasteiger partial charge < -0.3 is 4.74 Å². The predicted octanol–water partition coefficient (Wildman–Crippen LogP) is 1.30. The lowest BCUT2D eigenvalue weighted by atomic mass is 10.1. The minimum absolute atomic E-state index is 0.103. The molecule has 1 heterocycles. The molecule has 0 spiro atoms. The number of amides is 2. The predicted molar refractivity (Wildman–Crippen MR) is 74.2 cm³/mol. The van der Waals surface area contributed by atoms with E-state index in [-0.39, 0.29) is 22.6 Å². The lowest BCUT2D eigenvalue weighted by Gasteiger charge is -2.12. The van der Waals surface area contributed by atoms with Crippen molar-refractivity contribution in [2.24, 2.45) is 0 Å². The summed E-state index contributed by atoms with van der Waals surface area (Å²) >= 11 is 4.94. The first-order valence-electron chi connectivity index (χ1n) is 5.54. The Bertz CT molecular complexity index is 595. The lowest BCUT2D eigenvalue weighted by molar-refractivity contribution is -0.125. The van der Waals surface area contributed by atoms with Gasteiger partial charge in [-0.25, -0.2) is 0 Å². The number of rotatable bonds is 2. The number of nitrogens with one attached hydrogen (secondary N) is 1. The van der Waals surface area contributed by atoms with Gasteiger partial charge in [0.1, 0.15) is 11.4 Å². The average Bonchev–Trinajstić information content (AvgIpc) is 2.64. The monoisotopic (exact) mass is 276 g/mol. The zero-order chi connectivity index (χ0) is 14.0. The summed E-state index contributed by atoms with van der Waals surface area (Å²) in [5.41, 5.74) is 0.964. The third-order valence-corrected chi connectivity index (χ3v) is 2.89. The van der Waals surface area contributed by atoms with Crippen molar-refractivity contribution in [3.8, 4) is 5.75 Å². The van der Waals surface area contributed by atoms with Crippen LogP contribution in [0, 0.1) is 0 Å². The van der Waals surface area contributed by atoms with E-state index in [0.717, 1.165) is 5.56 Å². The minimum atomic E-state index is -0.386. The van der Waals surface area contributed by atoms with Crippen molar-refractivity contribution < 1.29 is 14.3 Å². The van der Waals surface area contributed by atoms with Crippen molar-refractivity contribution in [1.82, 2.24) is 10.2 Å². The van der Waals surface area contributed by atoms with Crippen LogP contribution in [-0.2, 0) is 9.59 Å². The van der Waals surface area contributed by atoms with Crippen LogP contribution in [0.15, 0.2) is 30.0 Å². The van der Waals surface area contributed by atoms with E-state index in [2.05, 4.69) is 5.32 Å². The molecule has 0 saturated carbocycles. The molecule has 1 aromatic rings. The first kappa shape index (κ1) is 13.2. The maximum atomic E-state index is 11.8. The number of hydrogen-bond donors (Lipinski definition) is 1. The number of thiocarbonyl (C=S) groups is 1. The highest BCUT2D eigenvalue weighted by molar-refractivity contribution is 7.80. The van der Waals surface area contributed by atoms with Crippen LogP contribution in [0.5, 0.6) is 5.75 Å². The van der Waals surface area contributed by atoms with E-state index in [4.69, 9.17) is 17.0 Å². The summed E-state index contributed by atoms with van der Waals surface area (Å²) in [7, 11) is 1.56. The first-order valence-corrected chi connectivity index (χ1v) is 5.95. The topological polar surface area (TPSA) is 58.6 Å². The van der Waals surface area contributed by atoms with Gasteiger partial charge >= 0.3 is 0 Å². The van der Waals surface area contributed by atoms with Crippen LogP contribution < -0.4 is 10.1 Å².